The zero-order valence-corrected chi connectivity index (χ0v) is 18.5. The highest BCUT2D eigenvalue weighted by Gasteiger charge is 2.38. The number of likely N-dealkylation sites (N-methyl/N-ethyl adjacent to an activating group) is 1. The molecule has 1 atom stereocenters. The zero-order chi connectivity index (χ0) is 21.5. The third kappa shape index (κ3) is 3.63. The molecule has 2 saturated heterocycles. The van der Waals surface area contributed by atoms with Crippen LogP contribution in [0.25, 0.3) is 0 Å². The van der Waals surface area contributed by atoms with E-state index in [-0.39, 0.29) is 17.9 Å². The van der Waals surface area contributed by atoms with Crippen LogP contribution < -0.4 is 14.7 Å². The molecule has 7 heteroatoms. The fraction of sp³-hybridized carbons (Fsp3) is 0.417. The van der Waals surface area contributed by atoms with Crippen molar-refractivity contribution < 1.29 is 9.59 Å². The first kappa shape index (κ1) is 20.2. The summed E-state index contributed by atoms with van der Waals surface area (Å²) in [5.41, 5.74) is 3.68. The second-order valence-corrected chi connectivity index (χ2v) is 9.00. The Labute approximate surface area is 188 Å². The van der Waals surface area contributed by atoms with Gasteiger partial charge in [0.25, 0.3) is 5.91 Å². The molecule has 0 aromatic heterocycles. The predicted molar refractivity (Wildman–Crippen MR) is 124 cm³/mol. The number of piperazine rings is 1. The molecule has 0 aliphatic carbocycles. The molecule has 0 radical (unpaired) electrons. The maximum absolute atomic E-state index is 13.2. The molecule has 0 N–H and O–H groups in total. The van der Waals surface area contributed by atoms with Crippen LogP contribution in [0.15, 0.2) is 42.5 Å². The van der Waals surface area contributed by atoms with Crippen molar-refractivity contribution >= 4 is 40.5 Å². The van der Waals surface area contributed by atoms with Crippen LogP contribution in [0.5, 0.6) is 0 Å². The molecule has 0 spiro atoms. The maximum Gasteiger partial charge on any atom is 0.254 e. The Bertz CT molecular complexity index is 1000. The van der Waals surface area contributed by atoms with Crippen molar-refractivity contribution in [1.29, 1.82) is 0 Å². The summed E-state index contributed by atoms with van der Waals surface area (Å²) in [6.07, 6.45) is 3.10. The van der Waals surface area contributed by atoms with E-state index in [0.29, 0.717) is 18.7 Å². The first-order valence-corrected chi connectivity index (χ1v) is 11.4. The lowest BCUT2D eigenvalue weighted by Gasteiger charge is -2.44. The van der Waals surface area contributed by atoms with Crippen molar-refractivity contribution in [2.45, 2.75) is 25.3 Å². The topological polar surface area (TPSA) is 47.1 Å². The van der Waals surface area contributed by atoms with E-state index in [4.69, 9.17) is 11.6 Å². The maximum atomic E-state index is 13.2. The third-order valence-electron chi connectivity index (χ3n) is 6.77. The number of piperidine rings is 1. The Hall–Kier alpha value is -2.73. The van der Waals surface area contributed by atoms with Crippen molar-refractivity contribution in [2.24, 2.45) is 0 Å². The molecule has 3 heterocycles. The van der Waals surface area contributed by atoms with Crippen molar-refractivity contribution in [3.63, 3.8) is 0 Å². The molecule has 2 aromatic carbocycles. The average Bonchev–Trinajstić information content (AvgIpc) is 2.82. The van der Waals surface area contributed by atoms with Gasteiger partial charge in [0.05, 0.1) is 11.4 Å². The summed E-state index contributed by atoms with van der Waals surface area (Å²) in [5.74, 6) is 0.161. The fourth-order valence-electron chi connectivity index (χ4n) is 4.99. The summed E-state index contributed by atoms with van der Waals surface area (Å²) in [6, 6.07) is 13.6. The Balaban J connectivity index is 1.32. The van der Waals surface area contributed by atoms with Crippen LogP contribution in [-0.4, -0.2) is 62.5 Å². The molecular formula is C24H27ClN4O2. The number of nitrogens with zero attached hydrogens (tertiary/aromatic N) is 4. The molecule has 0 saturated carbocycles. The van der Waals surface area contributed by atoms with Crippen LogP contribution in [0.1, 0.15) is 29.6 Å². The second kappa shape index (κ2) is 8.08. The van der Waals surface area contributed by atoms with Crippen molar-refractivity contribution in [3.8, 4) is 0 Å². The van der Waals surface area contributed by atoms with Gasteiger partial charge in [-0.25, -0.2) is 0 Å². The van der Waals surface area contributed by atoms with Crippen LogP contribution in [0.2, 0.25) is 5.02 Å². The zero-order valence-electron chi connectivity index (χ0n) is 17.8. The summed E-state index contributed by atoms with van der Waals surface area (Å²) < 4.78 is 0. The molecule has 0 bridgehead atoms. The van der Waals surface area contributed by atoms with Crippen LogP contribution in [0.3, 0.4) is 0 Å². The fourth-order valence-corrected chi connectivity index (χ4v) is 5.12. The third-order valence-corrected chi connectivity index (χ3v) is 7.02. The standard InChI is InChI=1S/C24H27ClN4O2/c1-26-22-16-17(5-10-20(22)29-11-3-2-4-21(29)24(26)31)23(30)28-14-12-27(13-15-28)19-8-6-18(25)7-9-19/h5-10,16,21H,2-4,11-15H2,1H3/t21-/m0/s1. The molecule has 3 aliphatic rings. The number of anilines is 3. The second-order valence-electron chi connectivity index (χ2n) is 8.56. The number of rotatable bonds is 2. The molecule has 6 nitrogen and oxygen atoms in total. The number of benzene rings is 2. The lowest BCUT2D eigenvalue weighted by Crippen LogP contribution is -2.54. The predicted octanol–water partition coefficient (Wildman–Crippen LogP) is 3.64. The van der Waals surface area contributed by atoms with E-state index in [1.807, 2.05) is 54.4 Å². The summed E-state index contributed by atoms with van der Waals surface area (Å²) in [4.78, 5) is 34.2. The van der Waals surface area contributed by atoms with Crippen molar-refractivity contribution in [1.82, 2.24) is 4.90 Å². The number of hydrogen-bond donors (Lipinski definition) is 0. The molecule has 3 aliphatic heterocycles. The highest BCUT2D eigenvalue weighted by Crippen LogP contribution is 2.39. The van der Waals surface area contributed by atoms with Gasteiger partial charge in [0.1, 0.15) is 6.04 Å². The van der Waals surface area contributed by atoms with Gasteiger partial charge < -0.3 is 19.6 Å². The van der Waals surface area contributed by atoms with Gasteiger partial charge in [-0.05, 0) is 61.7 Å². The number of carbonyl (C=O) groups is 2. The van der Waals surface area contributed by atoms with Gasteiger partial charge in [-0.2, -0.15) is 0 Å². The quantitative estimate of drug-likeness (QED) is 0.718. The van der Waals surface area contributed by atoms with Crippen LogP contribution >= 0.6 is 11.6 Å². The van der Waals surface area contributed by atoms with Crippen LogP contribution in [0, 0.1) is 0 Å². The summed E-state index contributed by atoms with van der Waals surface area (Å²) in [6.45, 7) is 3.80. The number of hydrogen-bond acceptors (Lipinski definition) is 4. The van der Waals surface area contributed by atoms with Gasteiger partial charge in [-0.1, -0.05) is 11.6 Å². The minimum atomic E-state index is -0.0613. The Morgan fingerprint density at radius 2 is 1.68 bits per heavy atom. The molecule has 2 fully saturated rings. The van der Waals surface area contributed by atoms with E-state index in [2.05, 4.69) is 9.80 Å². The van der Waals surface area contributed by atoms with Crippen molar-refractivity contribution in [3.05, 3.63) is 53.1 Å². The van der Waals surface area contributed by atoms with E-state index in [1.165, 1.54) is 0 Å². The molecule has 5 rings (SSSR count). The smallest absolute Gasteiger partial charge is 0.254 e. The number of fused-ring (bicyclic) bond motifs is 3. The highest BCUT2D eigenvalue weighted by atomic mass is 35.5. The van der Waals surface area contributed by atoms with Gasteiger partial charge in [0.2, 0.25) is 5.91 Å². The lowest BCUT2D eigenvalue weighted by molar-refractivity contribution is -0.120. The number of halogens is 1. The van der Waals surface area contributed by atoms with Crippen LogP contribution in [-0.2, 0) is 4.79 Å². The van der Waals surface area contributed by atoms with Gasteiger partial charge in [-0.3, -0.25) is 9.59 Å². The molecule has 2 amide bonds. The highest BCUT2D eigenvalue weighted by molar-refractivity contribution is 6.30. The minimum Gasteiger partial charge on any atom is -0.368 e. The Morgan fingerprint density at radius 1 is 0.935 bits per heavy atom. The molecule has 2 aromatic rings. The average molecular weight is 439 g/mol. The largest absolute Gasteiger partial charge is 0.368 e. The molecule has 162 valence electrons. The summed E-state index contributed by atoms with van der Waals surface area (Å²) >= 11 is 5.99. The summed E-state index contributed by atoms with van der Waals surface area (Å²) in [5, 5.41) is 0.726. The van der Waals surface area contributed by atoms with E-state index in [0.717, 1.165) is 61.0 Å². The van der Waals surface area contributed by atoms with E-state index in [9.17, 15) is 9.59 Å². The van der Waals surface area contributed by atoms with E-state index < -0.39 is 0 Å². The van der Waals surface area contributed by atoms with E-state index >= 15 is 0 Å². The van der Waals surface area contributed by atoms with Gasteiger partial charge >= 0.3 is 0 Å². The van der Waals surface area contributed by atoms with Gasteiger partial charge in [-0.15, -0.1) is 0 Å². The Morgan fingerprint density at radius 3 is 2.42 bits per heavy atom. The minimum absolute atomic E-state index is 0.0279. The van der Waals surface area contributed by atoms with Crippen LogP contribution in [0.4, 0.5) is 17.1 Å². The monoisotopic (exact) mass is 438 g/mol. The Kier molecular flexibility index (Phi) is 5.26. The molecule has 31 heavy (non-hydrogen) atoms. The molecule has 0 unspecified atom stereocenters. The van der Waals surface area contributed by atoms with Gasteiger partial charge in [0.15, 0.2) is 0 Å². The lowest BCUT2D eigenvalue weighted by atomic mass is 9.95. The number of amides is 2. The SMILES string of the molecule is CN1C(=O)[C@@H]2CCCCN2c2ccc(C(=O)N3CCN(c4ccc(Cl)cc4)CC3)cc21. The molecular weight excluding hydrogens is 412 g/mol. The van der Waals surface area contributed by atoms with Gasteiger partial charge in [0, 0.05) is 56.0 Å². The first-order chi connectivity index (χ1) is 15.0. The van der Waals surface area contributed by atoms with Crippen molar-refractivity contribution in [2.75, 3.05) is 54.5 Å². The normalized spacial score (nSPS) is 21.1. The summed E-state index contributed by atoms with van der Waals surface area (Å²) in [7, 11) is 1.83. The first-order valence-electron chi connectivity index (χ1n) is 11.0. The number of carbonyl (C=O) groups excluding carboxylic acids is 2. The van der Waals surface area contributed by atoms with E-state index in [1.54, 1.807) is 4.90 Å².